The summed E-state index contributed by atoms with van der Waals surface area (Å²) in [6.07, 6.45) is 0. The molecule has 1 aliphatic heterocycles. The van der Waals surface area contributed by atoms with Crippen LogP contribution in [0.25, 0.3) is 61.7 Å². The van der Waals surface area contributed by atoms with E-state index in [0.717, 1.165) is 38.5 Å². The predicted octanol–water partition coefficient (Wildman–Crippen LogP) is 9.04. The number of benzene rings is 10. The van der Waals surface area contributed by atoms with Crippen molar-refractivity contribution >= 4 is 79.4 Å². The number of aromatic nitrogens is 4. The number of fused-ring (bicyclic) bond motifs is 5. The lowest BCUT2D eigenvalue weighted by Crippen LogP contribution is -2.93. The molecule has 1 aliphatic rings. The Labute approximate surface area is 403 Å². The minimum absolute atomic E-state index is 0.578. The first kappa shape index (κ1) is 40.7. The quantitative estimate of drug-likeness (QED) is 0.143. The van der Waals surface area contributed by atoms with Crippen molar-refractivity contribution in [2.75, 3.05) is 0 Å². The van der Waals surface area contributed by atoms with Gasteiger partial charge in [0.1, 0.15) is 0 Å². The highest BCUT2D eigenvalue weighted by Gasteiger charge is 2.56. The van der Waals surface area contributed by atoms with Gasteiger partial charge in [-0.15, -0.1) is 0 Å². The molecule has 0 bridgehead atoms. The average Bonchev–Trinajstić information content (AvgIpc) is 3.77. The third-order valence-corrected chi connectivity index (χ3v) is 24.6. The normalized spacial score (nSPS) is 13.4. The molecular formula is C63H44N4Si2. The lowest BCUT2D eigenvalue weighted by Gasteiger charge is -2.48. The second-order valence-corrected chi connectivity index (χ2v) is 25.3. The molecule has 10 aromatic carbocycles. The fraction of sp³-hybridized carbons (Fsp3) is 0. The van der Waals surface area contributed by atoms with E-state index in [1.807, 2.05) is 24.3 Å². The van der Waals surface area contributed by atoms with Crippen molar-refractivity contribution in [2.45, 2.75) is 0 Å². The topological polar surface area (TPSA) is 43.6 Å². The summed E-state index contributed by atoms with van der Waals surface area (Å²) < 4.78 is 2.28. The Morgan fingerprint density at radius 1 is 0.261 bits per heavy atom. The average molecular weight is 913 g/mol. The molecule has 0 N–H and O–H groups in total. The van der Waals surface area contributed by atoms with E-state index < -0.39 is 16.1 Å². The summed E-state index contributed by atoms with van der Waals surface area (Å²) in [5.41, 5.74) is 6.26. The molecule has 0 saturated heterocycles. The Bertz CT molecular complexity index is 3730. The summed E-state index contributed by atoms with van der Waals surface area (Å²) in [5.74, 6) is 1.82. The molecule has 0 atom stereocenters. The van der Waals surface area contributed by atoms with Crippen molar-refractivity contribution in [1.82, 2.24) is 19.5 Å². The van der Waals surface area contributed by atoms with Crippen LogP contribution in [0.4, 0.5) is 0 Å². The van der Waals surface area contributed by atoms with Crippen LogP contribution in [0.2, 0.25) is 0 Å². The molecule has 69 heavy (non-hydrogen) atoms. The van der Waals surface area contributed by atoms with Gasteiger partial charge in [-0.3, -0.25) is 4.57 Å². The third-order valence-electron chi connectivity index (χ3n) is 14.3. The lowest BCUT2D eigenvalue weighted by molar-refractivity contribution is 0.953. The highest BCUT2D eigenvalue weighted by atomic mass is 28.3. The number of para-hydroxylation sites is 1. The van der Waals surface area contributed by atoms with Gasteiger partial charge in [-0.1, -0.05) is 255 Å². The van der Waals surface area contributed by atoms with Crippen LogP contribution in [0.1, 0.15) is 0 Å². The van der Waals surface area contributed by atoms with Crippen LogP contribution < -0.4 is 41.5 Å². The predicted molar refractivity (Wildman–Crippen MR) is 291 cm³/mol. The zero-order valence-electron chi connectivity index (χ0n) is 37.7. The number of nitrogens with zero attached hydrogens (tertiary/aromatic N) is 4. The summed E-state index contributed by atoms with van der Waals surface area (Å²) in [5, 5.41) is 13.5. The summed E-state index contributed by atoms with van der Waals surface area (Å²) in [4.78, 5) is 16.0. The maximum atomic E-state index is 5.41. The van der Waals surface area contributed by atoms with E-state index in [-0.39, 0.29) is 0 Å². The van der Waals surface area contributed by atoms with Gasteiger partial charge >= 0.3 is 0 Å². The molecule has 6 heteroatoms. The minimum Gasteiger partial charge on any atom is -0.278 e. The zero-order chi connectivity index (χ0) is 45.8. The van der Waals surface area contributed by atoms with Gasteiger partial charge in [0.2, 0.25) is 5.95 Å². The summed E-state index contributed by atoms with van der Waals surface area (Å²) in [6.45, 7) is 0. The molecule has 13 rings (SSSR count). The van der Waals surface area contributed by atoms with E-state index in [9.17, 15) is 0 Å². The largest absolute Gasteiger partial charge is 0.278 e. The maximum absolute atomic E-state index is 5.41. The minimum atomic E-state index is -3.11. The van der Waals surface area contributed by atoms with E-state index in [4.69, 9.17) is 15.0 Å². The van der Waals surface area contributed by atoms with Gasteiger partial charge in [0.25, 0.3) is 0 Å². The molecule has 0 aliphatic carbocycles. The molecule has 0 amide bonds. The summed E-state index contributed by atoms with van der Waals surface area (Å²) in [6, 6.07) is 98.2. The number of rotatable bonds is 8. The van der Waals surface area contributed by atoms with Gasteiger partial charge in [0.15, 0.2) is 27.8 Å². The molecule has 0 spiro atoms. The smallest absolute Gasteiger partial charge is 0.238 e. The van der Waals surface area contributed by atoms with Crippen LogP contribution in [-0.2, 0) is 0 Å². The SMILES string of the molecule is c1ccc(-c2ccc(-c3nc(-c4ccccc4)nc(-n4c5ccccc5c5ccc([Si]6(c7ccccc7)c7ccccc7[Si](c7ccccc7)(c7ccccc7)c7ccccc76)cc54)n3)cc2)cc1. The van der Waals surface area contributed by atoms with Gasteiger partial charge < -0.3 is 0 Å². The fourth-order valence-corrected chi connectivity index (χ4v) is 23.5. The van der Waals surface area contributed by atoms with E-state index in [1.165, 1.54) is 47.1 Å². The molecular weight excluding hydrogens is 869 g/mol. The van der Waals surface area contributed by atoms with Crippen LogP contribution >= 0.6 is 0 Å². The van der Waals surface area contributed by atoms with Gasteiger partial charge in [-0.25, -0.2) is 4.98 Å². The van der Waals surface area contributed by atoms with Crippen molar-refractivity contribution in [1.29, 1.82) is 0 Å². The van der Waals surface area contributed by atoms with Crippen molar-refractivity contribution in [3.63, 3.8) is 0 Å². The molecule has 0 radical (unpaired) electrons. The van der Waals surface area contributed by atoms with Crippen LogP contribution in [-0.4, -0.2) is 35.7 Å². The fourth-order valence-electron chi connectivity index (χ4n) is 11.4. The third kappa shape index (κ3) is 6.37. The molecule has 3 heterocycles. The Morgan fingerprint density at radius 3 is 1.13 bits per heavy atom. The highest BCUT2D eigenvalue weighted by Crippen LogP contribution is 2.33. The van der Waals surface area contributed by atoms with E-state index >= 15 is 0 Å². The first-order valence-electron chi connectivity index (χ1n) is 23.6. The van der Waals surface area contributed by atoms with Crippen LogP contribution in [0.15, 0.2) is 267 Å². The maximum Gasteiger partial charge on any atom is 0.238 e. The van der Waals surface area contributed by atoms with Crippen LogP contribution in [0.3, 0.4) is 0 Å². The highest BCUT2D eigenvalue weighted by molar-refractivity contribution is 7.32. The Kier molecular flexibility index (Phi) is 9.82. The Balaban J connectivity index is 1.10. The van der Waals surface area contributed by atoms with Crippen molar-refractivity contribution in [2.24, 2.45) is 0 Å². The number of hydrogen-bond donors (Lipinski definition) is 0. The van der Waals surface area contributed by atoms with E-state index in [2.05, 4.69) is 247 Å². The Morgan fingerprint density at radius 2 is 0.623 bits per heavy atom. The molecule has 2 aromatic heterocycles. The van der Waals surface area contributed by atoms with E-state index in [0.29, 0.717) is 17.6 Å². The molecule has 0 fully saturated rings. The number of hydrogen-bond acceptors (Lipinski definition) is 3. The summed E-state index contributed by atoms with van der Waals surface area (Å²) in [7, 11) is -5.99. The molecule has 0 saturated carbocycles. The van der Waals surface area contributed by atoms with Crippen LogP contribution in [0, 0.1) is 0 Å². The molecule has 12 aromatic rings. The van der Waals surface area contributed by atoms with Gasteiger partial charge in [-0.2, -0.15) is 9.97 Å². The zero-order valence-corrected chi connectivity index (χ0v) is 39.7. The van der Waals surface area contributed by atoms with Gasteiger partial charge in [0, 0.05) is 21.9 Å². The molecule has 324 valence electrons. The van der Waals surface area contributed by atoms with Crippen molar-refractivity contribution < 1.29 is 0 Å². The second kappa shape index (κ2) is 16.6. The first-order chi connectivity index (χ1) is 34.2. The monoisotopic (exact) mass is 912 g/mol. The lowest BCUT2D eigenvalue weighted by atomic mass is 10.0. The standard InChI is InChI=1S/C63H44N4Si2/c1-6-22-45(23-7-1)46-38-40-48(41-39-46)62-64-61(47-24-8-2-9-25-47)65-63(66-62)67-55-33-17-16-32-53(55)54-43-42-52(44-56(54)67)69(51-30-14-5-15-31-51)59-36-20-18-34-57(59)68(49-26-10-3-11-27-49,50-28-12-4-13-29-50)58-35-19-21-37-60(58)69/h1-44H. The first-order valence-corrected chi connectivity index (χ1v) is 27.6. The summed E-state index contributed by atoms with van der Waals surface area (Å²) >= 11 is 0. The second-order valence-electron chi connectivity index (χ2n) is 17.9. The molecule has 0 unspecified atom stereocenters. The van der Waals surface area contributed by atoms with Gasteiger partial charge in [0.05, 0.1) is 11.0 Å². The van der Waals surface area contributed by atoms with Gasteiger partial charge in [-0.05, 0) is 64.8 Å². The van der Waals surface area contributed by atoms with E-state index in [1.54, 1.807) is 0 Å². The van der Waals surface area contributed by atoms with Crippen molar-refractivity contribution in [3.8, 4) is 39.9 Å². The van der Waals surface area contributed by atoms with Crippen molar-refractivity contribution in [3.05, 3.63) is 267 Å². The molecule has 4 nitrogen and oxygen atoms in total. The van der Waals surface area contributed by atoms with Crippen LogP contribution in [0.5, 0.6) is 0 Å². The Hall–Kier alpha value is -8.56.